The van der Waals surface area contributed by atoms with Crippen LogP contribution >= 0.6 is 0 Å². The molecule has 0 fully saturated rings. The molecule has 0 aromatic heterocycles. The Morgan fingerprint density at radius 3 is 1.25 bits per heavy atom. The molecule has 2 rings (SSSR count). The van der Waals surface area contributed by atoms with Gasteiger partial charge in [-0.3, -0.25) is 0 Å². The number of hydrogen-bond donors (Lipinski definition) is 0. The third-order valence-corrected chi connectivity index (χ3v) is 3.86. The molecule has 0 aliphatic heterocycles. The lowest BCUT2D eigenvalue weighted by molar-refractivity contribution is 1.11. The van der Waals surface area contributed by atoms with Gasteiger partial charge in [-0.25, -0.2) is 0 Å². The van der Waals surface area contributed by atoms with Gasteiger partial charge in [-0.2, -0.15) is 0 Å². The summed E-state index contributed by atoms with van der Waals surface area (Å²) in [6.45, 7) is 4.40. The fourth-order valence-corrected chi connectivity index (χ4v) is 2.80. The van der Waals surface area contributed by atoms with Crippen molar-refractivity contribution in [1.82, 2.24) is 0 Å². The minimum atomic E-state index is 1.28. The fourth-order valence-electron chi connectivity index (χ4n) is 2.80. The highest BCUT2D eigenvalue weighted by Crippen LogP contribution is 2.34. The first-order valence-electron chi connectivity index (χ1n) is 6.97. The van der Waals surface area contributed by atoms with Gasteiger partial charge < -0.3 is 9.80 Å². The van der Waals surface area contributed by atoms with Crippen molar-refractivity contribution in [2.24, 2.45) is 0 Å². The van der Waals surface area contributed by atoms with E-state index in [0.29, 0.717) is 0 Å². The van der Waals surface area contributed by atoms with Crippen LogP contribution in [0.2, 0.25) is 0 Å². The molecule has 20 heavy (non-hydrogen) atoms. The quantitative estimate of drug-likeness (QED) is 0.827. The largest absolute Gasteiger partial charge is 0.377 e. The average molecular weight is 268 g/mol. The summed E-state index contributed by atoms with van der Waals surface area (Å²) in [6, 6.07) is 13.0. The standard InChI is InChI=1S/C18H24N2/c1-13-15(9-7-11-17(13)19(3)4)16-10-8-12-18(14(16)2)20(5)6/h7-12H,1-6H3. The first kappa shape index (κ1) is 14.4. The highest BCUT2D eigenvalue weighted by molar-refractivity contribution is 5.79. The van der Waals surface area contributed by atoms with Crippen LogP contribution in [-0.4, -0.2) is 28.2 Å². The zero-order valence-corrected chi connectivity index (χ0v) is 13.4. The molecule has 0 N–H and O–H groups in total. The lowest BCUT2D eigenvalue weighted by Gasteiger charge is -2.21. The number of rotatable bonds is 3. The molecule has 0 spiro atoms. The Hall–Kier alpha value is -1.96. The maximum absolute atomic E-state index is 2.21. The van der Waals surface area contributed by atoms with Crippen LogP contribution in [0.5, 0.6) is 0 Å². The van der Waals surface area contributed by atoms with E-state index in [1.807, 2.05) is 0 Å². The Bertz CT molecular complexity index is 557. The normalized spacial score (nSPS) is 10.5. The molecular weight excluding hydrogens is 244 g/mol. The van der Waals surface area contributed by atoms with Crippen molar-refractivity contribution in [3.8, 4) is 11.1 Å². The summed E-state index contributed by atoms with van der Waals surface area (Å²) in [7, 11) is 8.37. The highest BCUT2D eigenvalue weighted by Gasteiger charge is 2.12. The number of nitrogens with zero attached hydrogens (tertiary/aromatic N) is 2. The third-order valence-electron chi connectivity index (χ3n) is 3.86. The lowest BCUT2D eigenvalue weighted by Crippen LogP contribution is -2.12. The third kappa shape index (κ3) is 2.51. The van der Waals surface area contributed by atoms with Gasteiger partial charge in [0.1, 0.15) is 0 Å². The van der Waals surface area contributed by atoms with Crippen LogP contribution < -0.4 is 9.80 Å². The van der Waals surface area contributed by atoms with Crippen molar-refractivity contribution >= 4 is 11.4 Å². The second-order valence-electron chi connectivity index (χ2n) is 5.69. The van der Waals surface area contributed by atoms with E-state index in [1.165, 1.54) is 33.6 Å². The van der Waals surface area contributed by atoms with Crippen LogP contribution in [0.1, 0.15) is 11.1 Å². The summed E-state index contributed by atoms with van der Waals surface area (Å²) in [5.41, 5.74) is 7.84. The summed E-state index contributed by atoms with van der Waals surface area (Å²) in [5, 5.41) is 0. The van der Waals surface area contributed by atoms with Gasteiger partial charge in [-0.1, -0.05) is 24.3 Å². The Morgan fingerprint density at radius 2 is 0.950 bits per heavy atom. The van der Waals surface area contributed by atoms with Crippen LogP contribution in [0.4, 0.5) is 11.4 Å². The summed E-state index contributed by atoms with van der Waals surface area (Å²) in [4.78, 5) is 4.34. The molecule has 2 heteroatoms. The Labute approximate surface area is 122 Å². The van der Waals surface area contributed by atoms with Gasteiger partial charge in [0.05, 0.1) is 0 Å². The zero-order valence-electron chi connectivity index (χ0n) is 13.4. The maximum atomic E-state index is 2.21. The summed E-state index contributed by atoms with van der Waals surface area (Å²) >= 11 is 0. The summed E-state index contributed by atoms with van der Waals surface area (Å²) in [6.07, 6.45) is 0. The molecule has 2 nitrogen and oxygen atoms in total. The molecule has 0 aliphatic rings. The van der Waals surface area contributed by atoms with Crippen LogP contribution in [0.25, 0.3) is 11.1 Å². The molecule has 106 valence electrons. The van der Waals surface area contributed by atoms with E-state index in [9.17, 15) is 0 Å². The second kappa shape index (κ2) is 5.58. The van der Waals surface area contributed by atoms with Crippen LogP contribution in [0.3, 0.4) is 0 Å². The van der Waals surface area contributed by atoms with Gasteiger partial charge >= 0.3 is 0 Å². The van der Waals surface area contributed by atoms with E-state index in [2.05, 4.69) is 88.2 Å². The SMILES string of the molecule is Cc1c(-c2cccc(N(C)C)c2C)cccc1N(C)C. The lowest BCUT2D eigenvalue weighted by atomic mass is 9.94. The fraction of sp³-hybridized carbons (Fsp3) is 0.333. The van der Waals surface area contributed by atoms with Gasteiger partial charge in [-0.15, -0.1) is 0 Å². The van der Waals surface area contributed by atoms with Crippen molar-refractivity contribution in [3.63, 3.8) is 0 Å². The van der Waals surface area contributed by atoms with Crippen LogP contribution in [-0.2, 0) is 0 Å². The first-order valence-corrected chi connectivity index (χ1v) is 6.97. The van der Waals surface area contributed by atoms with Crippen molar-refractivity contribution in [3.05, 3.63) is 47.5 Å². The first-order chi connectivity index (χ1) is 9.43. The molecule has 0 unspecified atom stereocenters. The monoisotopic (exact) mass is 268 g/mol. The Morgan fingerprint density at radius 1 is 0.600 bits per heavy atom. The predicted molar refractivity (Wildman–Crippen MR) is 90.0 cm³/mol. The zero-order chi connectivity index (χ0) is 14.9. The van der Waals surface area contributed by atoms with Crippen molar-refractivity contribution in [2.45, 2.75) is 13.8 Å². The highest BCUT2D eigenvalue weighted by atomic mass is 15.1. The molecule has 0 saturated heterocycles. The van der Waals surface area contributed by atoms with E-state index >= 15 is 0 Å². The summed E-state index contributed by atoms with van der Waals surface area (Å²) < 4.78 is 0. The molecule has 0 aliphatic carbocycles. The van der Waals surface area contributed by atoms with Crippen molar-refractivity contribution in [2.75, 3.05) is 38.0 Å². The number of benzene rings is 2. The maximum Gasteiger partial charge on any atom is 0.0396 e. The molecule has 0 heterocycles. The van der Waals surface area contributed by atoms with Gasteiger partial charge in [0.25, 0.3) is 0 Å². The Kier molecular flexibility index (Phi) is 4.03. The van der Waals surface area contributed by atoms with Crippen molar-refractivity contribution < 1.29 is 0 Å². The van der Waals surface area contributed by atoms with Crippen molar-refractivity contribution in [1.29, 1.82) is 0 Å². The van der Waals surface area contributed by atoms with Crippen LogP contribution in [0.15, 0.2) is 36.4 Å². The molecule has 0 amide bonds. The molecule has 0 atom stereocenters. The Balaban J connectivity index is 2.64. The van der Waals surface area contributed by atoms with Gasteiger partial charge in [0.15, 0.2) is 0 Å². The number of hydrogen-bond acceptors (Lipinski definition) is 2. The molecule has 0 saturated carbocycles. The van der Waals surface area contributed by atoms with Gasteiger partial charge in [0.2, 0.25) is 0 Å². The van der Waals surface area contributed by atoms with E-state index in [0.717, 1.165) is 0 Å². The molecule has 2 aromatic carbocycles. The molecule has 0 radical (unpaired) electrons. The predicted octanol–water partition coefficient (Wildman–Crippen LogP) is 4.10. The van der Waals surface area contributed by atoms with Gasteiger partial charge in [-0.05, 0) is 48.2 Å². The minimum Gasteiger partial charge on any atom is -0.377 e. The second-order valence-corrected chi connectivity index (χ2v) is 5.69. The molecular formula is C18H24N2. The average Bonchev–Trinajstić information content (AvgIpc) is 2.39. The molecule has 2 aromatic rings. The van der Waals surface area contributed by atoms with E-state index in [1.54, 1.807) is 0 Å². The van der Waals surface area contributed by atoms with Crippen LogP contribution in [0, 0.1) is 13.8 Å². The van der Waals surface area contributed by atoms with E-state index < -0.39 is 0 Å². The summed E-state index contributed by atoms with van der Waals surface area (Å²) in [5.74, 6) is 0. The smallest absolute Gasteiger partial charge is 0.0396 e. The number of anilines is 2. The van der Waals surface area contributed by atoms with E-state index in [-0.39, 0.29) is 0 Å². The topological polar surface area (TPSA) is 6.48 Å². The minimum absolute atomic E-state index is 1.28. The van der Waals surface area contributed by atoms with E-state index in [4.69, 9.17) is 0 Å². The molecule has 0 bridgehead atoms. The van der Waals surface area contributed by atoms with Gasteiger partial charge in [0, 0.05) is 39.6 Å².